The Morgan fingerprint density at radius 1 is 1.28 bits per heavy atom. The zero-order chi connectivity index (χ0) is 15.6. The normalized spacial score (nSPS) is 12.6. The van der Waals surface area contributed by atoms with Crippen molar-refractivity contribution < 1.29 is 38.9 Å². The van der Waals surface area contributed by atoms with Crippen LogP contribution in [0.1, 0.15) is 27.7 Å². The van der Waals surface area contributed by atoms with Gasteiger partial charge < -0.3 is 20.0 Å². The van der Waals surface area contributed by atoms with Crippen LogP contribution in [0.2, 0.25) is 0 Å². The molecule has 1 unspecified atom stereocenters. The maximum Gasteiger partial charge on any atom is 0.692 e. The van der Waals surface area contributed by atoms with Crippen LogP contribution >= 0.6 is 15.9 Å². The summed E-state index contributed by atoms with van der Waals surface area (Å²) in [5.74, 6) is 0. The lowest BCUT2D eigenvalue weighted by Gasteiger charge is -2.24. The third kappa shape index (κ3) is 25.1. The lowest BCUT2D eigenvalue weighted by atomic mass is 9.89. The number of rotatable bonds is 3. The van der Waals surface area contributed by atoms with Crippen molar-refractivity contribution in [2.24, 2.45) is 5.41 Å². The predicted molar refractivity (Wildman–Crippen MR) is 67.2 cm³/mol. The van der Waals surface area contributed by atoms with E-state index in [-0.39, 0.29) is 18.2 Å². The molecule has 0 aromatic heterocycles. The Morgan fingerprint density at radius 2 is 1.50 bits per heavy atom. The summed E-state index contributed by atoms with van der Waals surface area (Å²) in [5, 5.41) is 17.5. The van der Waals surface area contributed by atoms with Gasteiger partial charge in [0.15, 0.2) is 0 Å². The molecule has 0 aliphatic carbocycles. The van der Waals surface area contributed by atoms with Crippen LogP contribution in [0.15, 0.2) is 0 Å². The van der Waals surface area contributed by atoms with E-state index in [4.69, 9.17) is 34.4 Å². The van der Waals surface area contributed by atoms with Crippen LogP contribution in [-0.2, 0) is 9.13 Å². The van der Waals surface area contributed by atoms with Gasteiger partial charge in [-0.1, -0.05) is 20.8 Å². The van der Waals surface area contributed by atoms with Crippen molar-refractivity contribution in [1.82, 2.24) is 0 Å². The van der Waals surface area contributed by atoms with Gasteiger partial charge in [0.2, 0.25) is 0 Å². The molecule has 0 radical (unpaired) electrons. The fourth-order valence-corrected chi connectivity index (χ4v) is 0.132. The zero-order valence-electron chi connectivity index (χ0n) is 10.9. The maximum absolute atomic E-state index is 9.69. The fraction of sp³-hybridized carbons (Fsp3) is 1.00. The first-order valence-electron chi connectivity index (χ1n) is 4.98. The molecule has 0 saturated heterocycles. The van der Waals surface area contributed by atoms with E-state index in [0.29, 0.717) is 0 Å². The molecular weight excluding hydrogens is 286 g/mol. The molecule has 0 aliphatic heterocycles. The van der Waals surface area contributed by atoms with Crippen molar-refractivity contribution in [3.8, 4) is 0 Å². The van der Waals surface area contributed by atoms with Crippen LogP contribution < -0.4 is 0 Å². The highest BCUT2D eigenvalue weighted by Gasteiger charge is 2.22. The third-order valence-corrected chi connectivity index (χ3v) is 2.77. The van der Waals surface area contributed by atoms with E-state index in [2.05, 4.69) is 0 Å². The molecule has 18 heavy (non-hydrogen) atoms. The molecule has 0 saturated carbocycles. The molecule has 10 heteroatoms. The number of aliphatic hydroxyl groups is 2. The standard InChI is InChI=1S/C6H14O2.C2H7O3P.HO3P/c1-5(8)6(2,3)4-7;1-2-6(3,4)5;1-4(2)3/h5,7-8H,4H2,1-3H3;2H2,1H3,(H2,3,4,5);(H-,1,2,3)/p+1. The lowest BCUT2D eigenvalue weighted by molar-refractivity contribution is 0.0202. The molecule has 6 N–H and O–H groups in total. The first-order chi connectivity index (χ1) is 7.80. The van der Waals surface area contributed by atoms with E-state index >= 15 is 0 Å². The Hall–Kier alpha value is 0.0900. The maximum atomic E-state index is 9.69. The van der Waals surface area contributed by atoms with Crippen molar-refractivity contribution >= 4 is 15.9 Å². The first-order valence-corrected chi connectivity index (χ1v) is 7.95. The topological polar surface area (TPSA) is 156 Å². The molecule has 112 valence electrons. The summed E-state index contributed by atoms with van der Waals surface area (Å²) in [6, 6.07) is 0. The Bertz CT molecular complexity index is 256. The van der Waals surface area contributed by atoms with Gasteiger partial charge in [0.1, 0.15) is 0 Å². The average Bonchev–Trinajstić information content (AvgIpc) is 2.16. The first kappa shape index (κ1) is 23.2. The summed E-state index contributed by atoms with van der Waals surface area (Å²) < 4.78 is 18.4. The Labute approximate surface area is 107 Å². The Balaban J connectivity index is -0.000000200. The number of aliphatic hydroxyl groups excluding tert-OH is 2. The van der Waals surface area contributed by atoms with Gasteiger partial charge in [-0.25, -0.2) is 0 Å². The van der Waals surface area contributed by atoms with Crippen molar-refractivity contribution in [2.75, 3.05) is 12.8 Å². The number of hydrogen-bond acceptors (Lipinski definition) is 4. The quantitative estimate of drug-likeness (QED) is 0.404. The Morgan fingerprint density at radius 3 is 1.50 bits per heavy atom. The van der Waals surface area contributed by atoms with Gasteiger partial charge in [-0.05, 0) is 6.92 Å². The van der Waals surface area contributed by atoms with Crippen LogP contribution in [0.5, 0.6) is 0 Å². The third-order valence-electron chi connectivity index (χ3n) is 1.95. The molecule has 0 heterocycles. The van der Waals surface area contributed by atoms with Crippen LogP contribution in [0.25, 0.3) is 0 Å². The largest absolute Gasteiger partial charge is 0.692 e. The molecule has 0 amide bonds. The monoisotopic (exact) mass is 309 g/mol. The summed E-state index contributed by atoms with van der Waals surface area (Å²) in [6.07, 6.45) is -0.500. The molecule has 0 aromatic rings. The lowest BCUT2D eigenvalue weighted by Crippen LogP contribution is -2.29. The minimum atomic E-state index is -3.65. The van der Waals surface area contributed by atoms with E-state index in [0.717, 1.165) is 0 Å². The minimum absolute atomic E-state index is 0.0324. The van der Waals surface area contributed by atoms with Crippen molar-refractivity contribution in [3.05, 3.63) is 0 Å². The molecule has 8 nitrogen and oxygen atoms in total. The average molecular weight is 309 g/mol. The molecule has 0 fully saturated rings. The zero-order valence-corrected chi connectivity index (χ0v) is 12.7. The molecule has 0 aromatic carbocycles. The second kappa shape index (κ2) is 11.0. The second-order valence-electron chi connectivity index (χ2n) is 4.06. The second-order valence-corrected chi connectivity index (χ2v) is 6.52. The van der Waals surface area contributed by atoms with Crippen molar-refractivity contribution in [3.63, 3.8) is 0 Å². The predicted octanol–water partition coefficient (Wildman–Crippen LogP) is 0.198. The van der Waals surface area contributed by atoms with Gasteiger partial charge in [0.05, 0.1) is 12.7 Å². The minimum Gasteiger partial charge on any atom is -0.396 e. The van der Waals surface area contributed by atoms with Crippen molar-refractivity contribution in [1.29, 1.82) is 0 Å². The summed E-state index contributed by atoms with van der Waals surface area (Å²) in [5.41, 5.74) is -0.347. The smallest absolute Gasteiger partial charge is 0.396 e. The van der Waals surface area contributed by atoms with Crippen LogP contribution in [0.4, 0.5) is 0 Å². The number of hydrogen-bond donors (Lipinski definition) is 6. The summed E-state index contributed by atoms with van der Waals surface area (Å²) >= 11 is 0. The van der Waals surface area contributed by atoms with Gasteiger partial charge in [0, 0.05) is 16.1 Å². The fourth-order valence-electron chi connectivity index (χ4n) is 0.132. The molecule has 0 rings (SSSR count). The van der Waals surface area contributed by atoms with Crippen molar-refractivity contribution in [2.45, 2.75) is 33.8 Å². The molecular formula is C8H23O8P2+. The van der Waals surface area contributed by atoms with Crippen LogP contribution in [0, 0.1) is 5.41 Å². The van der Waals surface area contributed by atoms with Gasteiger partial charge in [-0.3, -0.25) is 4.57 Å². The summed E-state index contributed by atoms with van der Waals surface area (Å²) in [6.45, 7) is 6.79. The van der Waals surface area contributed by atoms with Crippen LogP contribution in [0.3, 0.4) is 0 Å². The summed E-state index contributed by atoms with van der Waals surface area (Å²) in [7, 11) is -6.52. The molecule has 0 bridgehead atoms. The Kier molecular flexibility index (Phi) is 14.1. The van der Waals surface area contributed by atoms with E-state index < -0.39 is 22.0 Å². The molecule has 0 aliphatic rings. The van der Waals surface area contributed by atoms with E-state index in [1.165, 1.54) is 6.92 Å². The highest BCUT2D eigenvalue weighted by Crippen LogP contribution is 2.32. The van der Waals surface area contributed by atoms with Gasteiger partial charge >= 0.3 is 15.9 Å². The van der Waals surface area contributed by atoms with E-state index in [1.807, 2.05) is 13.8 Å². The summed E-state index contributed by atoms with van der Waals surface area (Å²) in [4.78, 5) is 30.1. The van der Waals surface area contributed by atoms with E-state index in [9.17, 15) is 4.57 Å². The highest BCUT2D eigenvalue weighted by molar-refractivity contribution is 7.51. The molecule has 1 atom stereocenters. The van der Waals surface area contributed by atoms with Gasteiger partial charge in [-0.2, -0.15) is 0 Å². The van der Waals surface area contributed by atoms with E-state index in [1.54, 1.807) is 6.92 Å². The SMILES string of the molecule is CC(O)C(C)(C)CO.CCP(=O)(O)O.O=[P+](O)O. The van der Waals surface area contributed by atoms with Gasteiger partial charge in [0.25, 0.3) is 0 Å². The highest BCUT2D eigenvalue weighted by atomic mass is 31.2. The molecule has 0 spiro atoms. The van der Waals surface area contributed by atoms with Crippen LogP contribution in [-0.4, -0.2) is 48.7 Å². The van der Waals surface area contributed by atoms with Gasteiger partial charge in [-0.15, -0.1) is 9.79 Å².